The maximum Gasteiger partial charge on any atom is 0.238 e. The molecule has 0 heterocycles. The number of benzene rings is 1. The highest BCUT2D eigenvalue weighted by Gasteiger charge is 2.60. The van der Waals surface area contributed by atoms with Gasteiger partial charge < -0.3 is 11.1 Å². The molecule has 4 fully saturated rings. The Labute approximate surface area is 134 Å². The van der Waals surface area contributed by atoms with Gasteiger partial charge in [0, 0.05) is 10.9 Å². The summed E-state index contributed by atoms with van der Waals surface area (Å²) in [4.78, 5) is 25.6. The molecule has 0 aromatic heterocycles. The number of anilines is 2. The third-order valence-corrected chi connectivity index (χ3v) is 5.95. The van der Waals surface area contributed by atoms with E-state index in [9.17, 15) is 9.59 Å². The first-order chi connectivity index (χ1) is 10.5. The lowest BCUT2D eigenvalue weighted by molar-refractivity contribution is -0.159. The number of ketones is 1. The number of hydrogen-bond donors (Lipinski definition) is 2. The maximum absolute atomic E-state index is 12.9. The van der Waals surface area contributed by atoms with Gasteiger partial charge in [0.05, 0.1) is 11.4 Å². The lowest BCUT2D eigenvalue weighted by Gasteiger charge is -2.54. The highest BCUT2D eigenvalue weighted by molar-refractivity contribution is 6.31. The number of nitrogens with two attached hydrogens (primary N) is 1. The van der Waals surface area contributed by atoms with Gasteiger partial charge in [0.15, 0.2) is 5.78 Å². The molecule has 3 N–H and O–H groups in total. The average Bonchev–Trinajstić information content (AvgIpc) is 2.46. The smallest absolute Gasteiger partial charge is 0.238 e. The van der Waals surface area contributed by atoms with E-state index in [0.717, 1.165) is 12.8 Å². The van der Waals surface area contributed by atoms with Gasteiger partial charge >= 0.3 is 0 Å². The second-order valence-electron chi connectivity index (χ2n) is 7.18. The summed E-state index contributed by atoms with van der Waals surface area (Å²) in [7, 11) is 0. The standard InChI is InChI=1S/C17H19ClN2O2/c18-12-1-2-14(13(19)6-12)20-16(22)17-7-9-3-10(8-17)5-11(4-9)15(17)21/h1-2,6,9-11H,3-5,7-8,19H2,(H,20,22). The zero-order chi connectivity index (χ0) is 15.5. The summed E-state index contributed by atoms with van der Waals surface area (Å²) in [5.41, 5.74) is 6.06. The number of Topliss-reactive ketones (excluding diaryl/α,β-unsaturated/α-hetero) is 1. The van der Waals surface area contributed by atoms with Crippen LogP contribution in [-0.2, 0) is 9.59 Å². The van der Waals surface area contributed by atoms with Gasteiger partial charge in [0.1, 0.15) is 5.41 Å². The number of nitrogens with one attached hydrogen (secondary N) is 1. The van der Waals surface area contributed by atoms with Crippen molar-refractivity contribution < 1.29 is 9.59 Å². The van der Waals surface area contributed by atoms with Crippen molar-refractivity contribution in [2.24, 2.45) is 23.2 Å². The normalized spacial score (nSPS) is 35.7. The van der Waals surface area contributed by atoms with Crippen LogP contribution in [0.5, 0.6) is 0 Å². The van der Waals surface area contributed by atoms with E-state index in [1.807, 2.05) is 0 Å². The van der Waals surface area contributed by atoms with E-state index >= 15 is 0 Å². The monoisotopic (exact) mass is 318 g/mol. The number of carbonyl (C=O) groups is 2. The van der Waals surface area contributed by atoms with Crippen molar-refractivity contribution in [2.45, 2.75) is 32.1 Å². The lowest BCUT2D eigenvalue weighted by atomic mass is 9.48. The molecule has 1 aromatic rings. The number of halogens is 1. The van der Waals surface area contributed by atoms with E-state index in [1.165, 1.54) is 6.42 Å². The second-order valence-corrected chi connectivity index (χ2v) is 7.61. The average molecular weight is 319 g/mol. The van der Waals surface area contributed by atoms with Crippen molar-refractivity contribution in [1.29, 1.82) is 0 Å². The zero-order valence-electron chi connectivity index (χ0n) is 12.3. The summed E-state index contributed by atoms with van der Waals surface area (Å²) in [6.07, 6.45) is 4.55. The van der Waals surface area contributed by atoms with Gasteiger partial charge in [-0.2, -0.15) is 0 Å². The molecule has 4 saturated carbocycles. The molecule has 0 radical (unpaired) electrons. The van der Waals surface area contributed by atoms with Crippen molar-refractivity contribution >= 4 is 34.7 Å². The summed E-state index contributed by atoms with van der Waals surface area (Å²) in [5, 5.41) is 3.41. The van der Waals surface area contributed by atoms with Crippen molar-refractivity contribution in [2.75, 3.05) is 11.1 Å². The van der Waals surface area contributed by atoms with Crippen molar-refractivity contribution in [3.63, 3.8) is 0 Å². The molecular weight excluding hydrogens is 300 g/mol. The molecule has 4 aliphatic rings. The van der Waals surface area contributed by atoms with Crippen molar-refractivity contribution in [3.8, 4) is 0 Å². The van der Waals surface area contributed by atoms with Crippen LogP contribution in [0, 0.1) is 23.2 Å². The van der Waals surface area contributed by atoms with Crippen molar-refractivity contribution in [3.05, 3.63) is 23.2 Å². The third-order valence-electron chi connectivity index (χ3n) is 5.72. The van der Waals surface area contributed by atoms with Crippen LogP contribution in [0.25, 0.3) is 0 Å². The zero-order valence-corrected chi connectivity index (χ0v) is 13.0. The molecule has 116 valence electrons. The quantitative estimate of drug-likeness (QED) is 0.649. The van der Waals surface area contributed by atoms with Crippen LogP contribution < -0.4 is 11.1 Å². The molecule has 4 aliphatic carbocycles. The molecule has 0 saturated heterocycles. The molecule has 4 nitrogen and oxygen atoms in total. The van der Waals surface area contributed by atoms with Crippen molar-refractivity contribution in [1.82, 2.24) is 0 Å². The third kappa shape index (κ3) is 1.97. The summed E-state index contributed by atoms with van der Waals surface area (Å²) >= 11 is 5.89. The summed E-state index contributed by atoms with van der Waals surface area (Å²) in [5.74, 6) is 1.14. The van der Waals surface area contributed by atoms with Gasteiger partial charge in [-0.3, -0.25) is 9.59 Å². The van der Waals surface area contributed by atoms with Crippen LogP contribution in [0.4, 0.5) is 11.4 Å². The topological polar surface area (TPSA) is 72.2 Å². The predicted molar refractivity (Wildman–Crippen MR) is 85.5 cm³/mol. The van der Waals surface area contributed by atoms with Gasteiger partial charge in [-0.25, -0.2) is 0 Å². The maximum atomic E-state index is 12.9. The molecule has 0 spiro atoms. The fourth-order valence-corrected chi connectivity index (χ4v) is 5.14. The molecule has 2 atom stereocenters. The van der Waals surface area contributed by atoms with E-state index < -0.39 is 5.41 Å². The Morgan fingerprint density at radius 1 is 1.23 bits per heavy atom. The van der Waals surface area contributed by atoms with Gasteiger partial charge in [0.25, 0.3) is 0 Å². The van der Waals surface area contributed by atoms with Crippen LogP contribution in [-0.4, -0.2) is 11.7 Å². The molecule has 5 rings (SSSR count). The van der Waals surface area contributed by atoms with Crippen LogP contribution in [0.3, 0.4) is 0 Å². The minimum absolute atomic E-state index is 0.0968. The van der Waals surface area contributed by atoms with Crippen LogP contribution in [0.15, 0.2) is 18.2 Å². The van der Waals surface area contributed by atoms with Crippen LogP contribution >= 0.6 is 11.6 Å². The van der Waals surface area contributed by atoms with E-state index in [1.54, 1.807) is 18.2 Å². The van der Waals surface area contributed by atoms with Gasteiger partial charge in [-0.15, -0.1) is 0 Å². The number of amides is 1. The van der Waals surface area contributed by atoms with Gasteiger partial charge in [-0.1, -0.05) is 11.6 Å². The Hall–Kier alpha value is -1.55. The van der Waals surface area contributed by atoms with E-state index in [4.69, 9.17) is 17.3 Å². The molecule has 4 bridgehead atoms. The fourth-order valence-electron chi connectivity index (χ4n) is 4.96. The number of carbonyl (C=O) groups excluding carboxylic acids is 2. The Morgan fingerprint density at radius 2 is 1.91 bits per heavy atom. The van der Waals surface area contributed by atoms with Crippen LogP contribution in [0.2, 0.25) is 5.02 Å². The largest absolute Gasteiger partial charge is 0.397 e. The minimum Gasteiger partial charge on any atom is -0.397 e. The fraction of sp³-hybridized carbons (Fsp3) is 0.529. The molecule has 22 heavy (non-hydrogen) atoms. The lowest BCUT2D eigenvalue weighted by Crippen LogP contribution is -2.58. The summed E-state index contributed by atoms with van der Waals surface area (Å²) in [6, 6.07) is 4.99. The Morgan fingerprint density at radius 3 is 2.55 bits per heavy atom. The minimum atomic E-state index is -0.819. The summed E-state index contributed by atoms with van der Waals surface area (Å²) < 4.78 is 0. The Kier molecular flexibility index (Phi) is 3.02. The van der Waals surface area contributed by atoms with E-state index in [0.29, 0.717) is 41.1 Å². The Bertz CT molecular complexity index is 659. The molecular formula is C17H19ClN2O2. The highest BCUT2D eigenvalue weighted by atomic mass is 35.5. The molecule has 5 heteroatoms. The summed E-state index contributed by atoms with van der Waals surface area (Å²) in [6.45, 7) is 0. The first-order valence-corrected chi connectivity index (χ1v) is 8.26. The molecule has 2 unspecified atom stereocenters. The van der Waals surface area contributed by atoms with Crippen LogP contribution in [0.1, 0.15) is 32.1 Å². The predicted octanol–water partition coefficient (Wildman–Crippen LogP) is 3.26. The first-order valence-electron chi connectivity index (χ1n) is 7.89. The molecule has 1 aromatic carbocycles. The van der Waals surface area contributed by atoms with E-state index in [-0.39, 0.29) is 17.6 Å². The first kappa shape index (κ1) is 14.1. The second kappa shape index (κ2) is 4.72. The highest BCUT2D eigenvalue weighted by Crippen LogP contribution is 2.58. The van der Waals surface area contributed by atoms with E-state index in [2.05, 4.69) is 5.32 Å². The van der Waals surface area contributed by atoms with Gasteiger partial charge in [-0.05, 0) is 62.1 Å². The number of hydrogen-bond acceptors (Lipinski definition) is 3. The SMILES string of the molecule is Nc1cc(Cl)ccc1NC(=O)C12CC3CC(CC(C3)C1=O)C2. The number of nitrogen functional groups attached to an aromatic ring is 1. The Balaban J connectivity index is 1.63. The van der Waals surface area contributed by atoms with Gasteiger partial charge in [0.2, 0.25) is 5.91 Å². The molecule has 0 aliphatic heterocycles. The number of rotatable bonds is 2. The molecule has 1 amide bonds.